The fraction of sp³-hybridized carbons (Fsp3) is 0.417. The number of nitrogens with one attached hydrogen (secondary N) is 2. The summed E-state index contributed by atoms with van der Waals surface area (Å²) in [7, 11) is 1.83. The number of thioether (sulfide) groups is 1. The van der Waals surface area contributed by atoms with Crippen LogP contribution in [0.4, 0.5) is 0 Å². The number of benzene rings is 1. The summed E-state index contributed by atoms with van der Waals surface area (Å²) in [5.74, 6) is 2.13. The first kappa shape index (κ1) is 13.3. The lowest BCUT2D eigenvalue weighted by Gasteiger charge is -2.06. The third kappa shape index (κ3) is 5.37. The molecule has 0 bridgehead atoms. The molecule has 1 aromatic carbocycles. The molecule has 0 aliphatic carbocycles. The van der Waals surface area contributed by atoms with E-state index in [1.807, 2.05) is 18.8 Å². The second-order valence-corrected chi connectivity index (χ2v) is 5.06. The Balaban J connectivity index is 2.14. The van der Waals surface area contributed by atoms with Gasteiger partial charge in [-0.2, -0.15) is 11.8 Å². The van der Waals surface area contributed by atoms with Crippen LogP contribution in [0.2, 0.25) is 0 Å². The van der Waals surface area contributed by atoms with Gasteiger partial charge in [0.1, 0.15) is 0 Å². The Hall–Kier alpha value is -0.740. The molecule has 0 amide bonds. The number of hydrogen-bond donors (Lipinski definition) is 2. The number of hydrogen-bond acceptors (Lipinski definition) is 2. The fourth-order valence-corrected chi connectivity index (χ4v) is 2.23. The lowest BCUT2D eigenvalue weighted by molar-refractivity contribution is 0.943. The van der Waals surface area contributed by atoms with Crippen molar-refractivity contribution >= 4 is 29.1 Å². The van der Waals surface area contributed by atoms with Crippen LogP contribution >= 0.6 is 24.0 Å². The Bertz CT molecular complexity index is 340. The molecule has 0 aliphatic rings. The van der Waals surface area contributed by atoms with E-state index in [2.05, 4.69) is 41.8 Å². The normalized spacial score (nSPS) is 9.88. The first-order valence-corrected chi connectivity index (χ1v) is 6.87. The molecule has 0 saturated heterocycles. The van der Waals surface area contributed by atoms with E-state index in [-0.39, 0.29) is 0 Å². The number of rotatable bonds is 5. The number of aryl methyl sites for hydroxylation is 1. The van der Waals surface area contributed by atoms with Crippen LogP contribution in [-0.4, -0.2) is 24.5 Å². The van der Waals surface area contributed by atoms with Crippen LogP contribution in [-0.2, 0) is 5.75 Å². The fourth-order valence-electron chi connectivity index (χ4n) is 1.32. The van der Waals surface area contributed by atoms with Gasteiger partial charge in [-0.3, -0.25) is 0 Å². The van der Waals surface area contributed by atoms with Crippen LogP contribution in [0.1, 0.15) is 11.1 Å². The predicted molar refractivity (Wildman–Crippen MR) is 77.0 cm³/mol. The predicted octanol–water partition coefficient (Wildman–Crippen LogP) is 2.32. The van der Waals surface area contributed by atoms with Crippen molar-refractivity contribution in [2.45, 2.75) is 12.7 Å². The van der Waals surface area contributed by atoms with Gasteiger partial charge in [0.25, 0.3) is 0 Å². The summed E-state index contributed by atoms with van der Waals surface area (Å²) in [6, 6.07) is 8.64. The maximum Gasteiger partial charge on any atom is 0.166 e. The van der Waals surface area contributed by atoms with Gasteiger partial charge in [0.05, 0.1) is 0 Å². The highest BCUT2D eigenvalue weighted by Gasteiger charge is 1.95. The lowest BCUT2D eigenvalue weighted by atomic mass is 10.2. The van der Waals surface area contributed by atoms with E-state index in [1.54, 1.807) is 0 Å². The van der Waals surface area contributed by atoms with Crippen LogP contribution in [0.25, 0.3) is 0 Å². The van der Waals surface area contributed by atoms with E-state index < -0.39 is 0 Å². The molecule has 0 unspecified atom stereocenters. The van der Waals surface area contributed by atoms with Gasteiger partial charge in [-0.15, -0.1) is 0 Å². The maximum atomic E-state index is 4.98. The Labute approximate surface area is 107 Å². The summed E-state index contributed by atoms with van der Waals surface area (Å²) >= 11 is 6.90. The van der Waals surface area contributed by atoms with Crippen LogP contribution in [0.15, 0.2) is 24.3 Å². The molecule has 2 nitrogen and oxygen atoms in total. The van der Waals surface area contributed by atoms with Gasteiger partial charge in [0.15, 0.2) is 5.11 Å². The quantitative estimate of drug-likeness (QED) is 0.622. The molecule has 0 radical (unpaired) electrons. The van der Waals surface area contributed by atoms with Crippen molar-refractivity contribution in [2.75, 3.05) is 19.3 Å². The zero-order chi connectivity index (χ0) is 11.8. The molecule has 2 N–H and O–H groups in total. The molecule has 16 heavy (non-hydrogen) atoms. The summed E-state index contributed by atoms with van der Waals surface area (Å²) in [5.41, 5.74) is 2.72. The largest absolute Gasteiger partial charge is 0.366 e. The Kier molecular flexibility index (Phi) is 6.26. The molecule has 1 aromatic rings. The molecule has 4 heteroatoms. The monoisotopic (exact) mass is 254 g/mol. The first-order valence-electron chi connectivity index (χ1n) is 5.31. The third-order valence-electron chi connectivity index (χ3n) is 2.11. The number of thiocarbonyl (C=S) groups is 1. The van der Waals surface area contributed by atoms with Gasteiger partial charge in [-0.25, -0.2) is 0 Å². The molecule has 0 aromatic heterocycles. The van der Waals surface area contributed by atoms with E-state index in [1.165, 1.54) is 11.1 Å². The van der Waals surface area contributed by atoms with Crippen LogP contribution in [0.3, 0.4) is 0 Å². The standard InChI is InChI=1S/C12H18N2S2/c1-10-4-3-5-11(8-10)9-16-7-6-14-12(15)13-2/h3-5,8H,6-7,9H2,1-2H3,(H2,13,14,15). The highest BCUT2D eigenvalue weighted by molar-refractivity contribution is 7.98. The third-order valence-corrected chi connectivity index (χ3v) is 3.49. The molecule has 0 atom stereocenters. The summed E-state index contributed by atoms with van der Waals surface area (Å²) < 4.78 is 0. The molecule has 0 heterocycles. The van der Waals surface area contributed by atoms with Gasteiger partial charge in [-0.1, -0.05) is 29.8 Å². The van der Waals surface area contributed by atoms with Crippen LogP contribution < -0.4 is 10.6 Å². The zero-order valence-corrected chi connectivity index (χ0v) is 11.4. The first-order chi connectivity index (χ1) is 7.72. The minimum atomic E-state index is 0.719. The molecule has 0 aliphatic heterocycles. The van der Waals surface area contributed by atoms with E-state index >= 15 is 0 Å². The highest BCUT2D eigenvalue weighted by atomic mass is 32.2. The Morgan fingerprint density at radius 3 is 2.94 bits per heavy atom. The topological polar surface area (TPSA) is 24.1 Å². The maximum absolute atomic E-state index is 4.98. The molecule has 1 rings (SSSR count). The van der Waals surface area contributed by atoms with Crippen molar-refractivity contribution in [1.29, 1.82) is 0 Å². The summed E-state index contributed by atoms with van der Waals surface area (Å²) in [6.45, 7) is 3.04. The van der Waals surface area contributed by atoms with Crippen LogP contribution in [0.5, 0.6) is 0 Å². The van der Waals surface area contributed by atoms with Gasteiger partial charge < -0.3 is 10.6 Å². The zero-order valence-electron chi connectivity index (χ0n) is 9.75. The van der Waals surface area contributed by atoms with Crippen molar-refractivity contribution in [1.82, 2.24) is 10.6 Å². The molecule has 88 valence electrons. The molecule has 0 saturated carbocycles. The Morgan fingerprint density at radius 2 is 2.25 bits per heavy atom. The smallest absolute Gasteiger partial charge is 0.166 e. The van der Waals surface area contributed by atoms with Gasteiger partial charge in [0.2, 0.25) is 0 Å². The van der Waals surface area contributed by atoms with E-state index in [9.17, 15) is 0 Å². The van der Waals surface area contributed by atoms with Crippen LogP contribution in [0, 0.1) is 6.92 Å². The second-order valence-electron chi connectivity index (χ2n) is 3.55. The summed E-state index contributed by atoms with van der Waals surface area (Å²) in [6.07, 6.45) is 0. The highest BCUT2D eigenvalue weighted by Crippen LogP contribution is 2.12. The van der Waals surface area contributed by atoms with Crippen molar-refractivity contribution in [3.8, 4) is 0 Å². The van der Waals surface area contributed by atoms with E-state index in [0.717, 1.165) is 23.2 Å². The van der Waals surface area contributed by atoms with Gasteiger partial charge >= 0.3 is 0 Å². The average Bonchev–Trinajstić information content (AvgIpc) is 2.28. The summed E-state index contributed by atoms with van der Waals surface area (Å²) in [4.78, 5) is 0. The minimum Gasteiger partial charge on any atom is -0.366 e. The van der Waals surface area contributed by atoms with Crippen molar-refractivity contribution in [2.24, 2.45) is 0 Å². The second kappa shape index (κ2) is 7.52. The molecular weight excluding hydrogens is 236 g/mol. The van der Waals surface area contributed by atoms with Crippen molar-refractivity contribution < 1.29 is 0 Å². The van der Waals surface area contributed by atoms with E-state index in [4.69, 9.17) is 12.2 Å². The molecule has 0 spiro atoms. The SMILES string of the molecule is CNC(=S)NCCSCc1cccc(C)c1. The Morgan fingerprint density at radius 1 is 1.44 bits per heavy atom. The summed E-state index contributed by atoms with van der Waals surface area (Å²) in [5, 5.41) is 6.74. The average molecular weight is 254 g/mol. The van der Waals surface area contributed by atoms with Gasteiger partial charge in [0, 0.05) is 25.1 Å². The molecular formula is C12H18N2S2. The van der Waals surface area contributed by atoms with Crippen molar-refractivity contribution in [3.63, 3.8) is 0 Å². The molecule has 0 fully saturated rings. The van der Waals surface area contributed by atoms with Crippen molar-refractivity contribution in [3.05, 3.63) is 35.4 Å². The lowest BCUT2D eigenvalue weighted by Crippen LogP contribution is -2.33. The minimum absolute atomic E-state index is 0.719. The van der Waals surface area contributed by atoms with Gasteiger partial charge in [-0.05, 0) is 24.7 Å². The van der Waals surface area contributed by atoms with E-state index in [0.29, 0.717) is 0 Å².